The summed E-state index contributed by atoms with van der Waals surface area (Å²) in [6.07, 6.45) is 0.763. The summed E-state index contributed by atoms with van der Waals surface area (Å²) in [6.45, 7) is 0. The molecule has 10 rings (SSSR count). The monoisotopic (exact) mass is 642 g/mol. The average Bonchev–Trinajstić information content (AvgIpc) is 3.52. The Morgan fingerprint density at radius 3 is 1.92 bits per heavy atom. The maximum absolute atomic E-state index is 5.29. The van der Waals surface area contributed by atoms with Crippen LogP contribution in [0.15, 0.2) is 174 Å². The second-order valence-corrected chi connectivity index (χ2v) is 13.9. The SMILES string of the molecule is c1ccc(C2=NC(c3ccc(-c4sc5cccc6c5c4-c4ccccc4-c4ccccc4-6)cc3)=N[C@@H](c3ccc4ccccc4c3)C2)cc1. The molecule has 0 bridgehead atoms. The van der Waals surface area contributed by atoms with Crippen molar-refractivity contribution in [3.05, 3.63) is 180 Å². The number of aliphatic imine (C=N–C) groups is 2. The third-order valence-electron chi connectivity index (χ3n) is 10.00. The zero-order valence-corrected chi connectivity index (χ0v) is 27.5. The lowest BCUT2D eigenvalue weighted by molar-refractivity contribution is 0.755. The second kappa shape index (κ2) is 11.4. The summed E-state index contributed by atoms with van der Waals surface area (Å²) in [5.74, 6) is 0.785. The van der Waals surface area contributed by atoms with E-state index in [-0.39, 0.29) is 6.04 Å². The first kappa shape index (κ1) is 28.1. The van der Waals surface area contributed by atoms with Gasteiger partial charge in [0.1, 0.15) is 0 Å². The minimum Gasteiger partial charge on any atom is -0.258 e. The van der Waals surface area contributed by atoms with Crippen LogP contribution in [-0.4, -0.2) is 11.5 Å². The first-order valence-electron chi connectivity index (χ1n) is 16.8. The fourth-order valence-corrected chi connectivity index (χ4v) is 8.88. The van der Waals surface area contributed by atoms with Gasteiger partial charge in [-0.3, -0.25) is 4.99 Å². The van der Waals surface area contributed by atoms with Crippen molar-refractivity contribution in [2.24, 2.45) is 9.98 Å². The molecule has 1 aromatic heterocycles. The smallest absolute Gasteiger partial charge is 0.155 e. The summed E-state index contributed by atoms with van der Waals surface area (Å²) in [6, 6.07) is 59.2. The van der Waals surface area contributed by atoms with Crippen molar-refractivity contribution in [1.82, 2.24) is 0 Å². The van der Waals surface area contributed by atoms with Gasteiger partial charge in [-0.15, -0.1) is 11.3 Å². The van der Waals surface area contributed by atoms with Crippen LogP contribution in [0, 0.1) is 0 Å². The van der Waals surface area contributed by atoms with Crippen molar-refractivity contribution in [2.75, 3.05) is 0 Å². The van der Waals surface area contributed by atoms with Crippen molar-refractivity contribution in [2.45, 2.75) is 12.5 Å². The van der Waals surface area contributed by atoms with Crippen LogP contribution in [-0.2, 0) is 0 Å². The number of rotatable bonds is 4. The molecular formula is C46H30N2S. The first-order chi connectivity index (χ1) is 24.3. The predicted octanol–water partition coefficient (Wildman–Crippen LogP) is 12.4. The van der Waals surface area contributed by atoms with Crippen LogP contribution in [0.1, 0.15) is 29.2 Å². The molecule has 8 aromatic rings. The zero-order chi connectivity index (χ0) is 32.3. The molecule has 1 aliphatic heterocycles. The average molecular weight is 643 g/mol. The molecule has 0 saturated heterocycles. The Balaban J connectivity index is 1.10. The lowest BCUT2D eigenvalue weighted by atomic mass is 9.93. The van der Waals surface area contributed by atoms with Gasteiger partial charge in [-0.05, 0) is 67.4 Å². The highest BCUT2D eigenvalue weighted by Crippen LogP contribution is 2.54. The minimum absolute atomic E-state index is 0.0145. The van der Waals surface area contributed by atoms with Crippen LogP contribution in [0.25, 0.3) is 64.7 Å². The number of hydrogen-bond acceptors (Lipinski definition) is 3. The maximum Gasteiger partial charge on any atom is 0.155 e. The first-order valence-corrected chi connectivity index (χ1v) is 17.7. The quantitative estimate of drug-likeness (QED) is 0.182. The molecule has 0 unspecified atom stereocenters. The van der Waals surface area contributed by atoms with E-state index in [0.29, 0.717) is 0 Å². The Kier molecular flexibility index (Phi) is 6.53. The molecule has 2 heterocycles. The summed E-state index contributed by atoms with van der Waals surface area (Å²) in [7, 11) is 0. The van der Waals surface area contributed by atoms with Gasteiger partial charge < -0.3 is 0 Å². The van der Waals surface area contributed by atoms with Crippen LogP contribution < -0.4 is 0 Å². The maximum atomic E-state index is 5.29. The van der Waals surface area contributed by atoms with Gasteiger partial charge >= 0.3 is 0 Å². The normalized spacial score (nSPS) is 14.9. The summed E-state index contributed by atoms with van der Waals surface area (Å²) < 4.78 is 1.31. The van der Waals surface area contributed by atoms with Gasteiger partial charge in [0.2, 0.25) is 0 Å². The highest BCUT2D eigenvalue weighted by molar-refractivity contribution is 7.23. The standard InChI is InChI=1S/C46H30N2S/c1-2-12-30(13-3-1)40-28-41(34-26-21-29-11-4-5-14-33(29)27-34)48-46(47-40)32-24-22-31(23-25-32)45-44-39-18-9-8-17-37(39)35-15-6-7-16-36(35)38-19-10-20-42(49-45)43(38)44/h1-27,41H,28H2/t41-/m1/s1. The van der Waals surface area contributed by atoms with Gasteiger partial charge in [-0.2, -0.15) is 0 Å². The fraction of sp³-hybridized carbons (Fsp3) is 0.0435. The van der Waals surface area contributed by atoms with E-state index in [4.69, 9.17) is 9.98 Å². The Bertz CT molecular complexity index is 2630. The molecule has 230 valence electrons. The van der Waals surface area contributed by atoms with Crippen molar-refractivity contribution < 1.29 is 0 Å². The number of amidine groups is 1. The predicted molar refractivity (Wildman–Crippen MR) is 208 cm³/mol. The van der Waals surface area contributed by atoms with E-state index < -0.39 is 0 Å². The van der Waals surface area contributed by atoms with Crippen molar-refractivity contribution in [3.63, 3.8) is 0 Å². The second-order valence-electron chi connectivity index (χ2n) is 12.9. The Labute approximate surface area is 289 Å². The Morgan fingerprint density at radius 1 is 0.490 bits per heavy atom. The molecule has 2 nitrogen and oxygen atoms in total. The third-order valence-corrected chi connectivity index (χ3v) is 11.2. The van der Waals surface area contributed by atoms with Crippen molar-refractivity contribution in [3.8, 4) is 43.8 Å². The lowest BCUT2D eigenvalue weighted by Gasteiger charge is -2.22. The van der Waals surface area contributed by atoms with E-state index in [0.717, 1.165) is 29.1 Å². The van der Waals surface area contributed by atoms with Crippen LogP contribution in [0.4, 0.5) is 0 Å². The number of fused-ring (bicyclic) bond motifs is 6. The van der Waals surface area contributed by atoms with E-state index in [2.05, 4.69) is 164 Å². The summed E-state index contributed by atoms with van der Waals surface area (Å²) in [5.41, 5.74) is 13.5. The summed E-state index contributed by atoms with van der Waals surface area (Å²) in [4.78, 5) is 11.8. The zero-order valence-electron chi connectivity index (χ0n) is 26.7. The Hall–Kier alpha value is -5.90. The van der Waals surface area contributed by atoms with Crippen molar-refractivity contribution >= 4 is 43.7 Å². The molecule has 2 aliphatic rings. The molecule has 49 heavy (non-hydrogen) atoms. The molecule has 7 aromatic carbocycles. The third kappa shape index (κ3) is 4.69. The van der Waals surface area contributed by atoms with Crippen LogP contribution in [0.5, 0.6) is 0 Å². The molecule has 0 radical (unpaired) electrons. The molecule has 1 aliphatic carbocycles. The van der Waals surface area contributed by atoms with E-state index in [9.17, 15) is 0 Å². The molecule has 0 saturated carbocycles. The van der Waals surface area contributed by atoms with Crippen LogP contribution in [0.2, 0.25) is 0 Å². The molecule has 3 heteroatoms. The fourth-order valence-electron chi connectivity index (χ4n) is 7.63. The number of benzene rings is 7. The van der Waals surface area contributed by atoms with Crippen LogP contribution >= 0.6 is 11.3 Å². The molecule has 0 spiro atoms. The topological polar surface area (TPSA) is 24.7 Å². The van der Waals surface area contributed by atoms with Gasteiger partial charge in [0, 0.05) is 32.5 Å². The molecular weight excluding hydrogens is 613 g/mol. The molecule has 1 atom stereocenters. The lowest BCUT2D eigenvalue weighted by Crippen LogP contribution is -2.17. The molecule has 0 N–H and O–H groups in total. The molecule has 0 amide bonds. The summed E-state index contributed by atoms with van der Waals surface area (Å²) in [5, 5.41) is 3.82. The van der Waals surface area contributed by atoms with E-state index in [1.54, 1.807) is 0 Å². The van der Waals surface area contributed by atoms with Crippen molar-refractivity contribution in [1.29, 1.82) is 0 Å². The Morgan fingerprint density at radius 2 is 1.12 bits per heavy atom. The van der Waals surface area contributed by atoms with Gasteiger partial charge in [0.05, 0.1) is 11.8 Å². The van der Waals surface area contributed by atoms with Gasteiger partial charge in [-0.25, -0.2) is 4.99 Å². The van der Waals surface area contributed by atoms with Gasteiger partial charge in [-0.1, -0.05) is 152 Å². The highest BCUT2D eigenvalue weighted by Gasteiger charge is 2.26. The number of thiophene rings is 1. The minimum atomic E-state index is -0.0145. The number of hydrogen-bond donors (Lipinski definition) is 0. The van der Waals surface area contributed by atoms with Gasteiger partial charge in [0.25, 0.3) is 0 Å². The van der Waals surface area contributed by atoms with E-state index >= 15 is 0 Å². The van der Waals surface area contributed by atoms with Crippen LogP contribution in [0.3, 0.4) is 0 Å². The molecule has 0 fully saturated rings. The number of nitrogens with zero attached hydrogens (tertiary/aromatic N) is 2. The summed E-state index contributed by atoms with van der Waals surface area (Å²) >= 11 is 1.88. The van der Waals surface area contributed by atoms with Gasteiger partial charge in [0.15, 0.2) is 5.84 Å². The van der Waals surface area contributed by atoms with E-state index in [1.807, 2.05) is 11.3 Å². The largest absolute Gasteiger partial charge is 0.258 e. The van der Waals surface area contributed by atoms with E-state index in [1.165, 1.54) is 70.2 Å². The highest BCUT2D eigenvalue weighted by atomic mass is 32.1.